The highest BCUT2D eigenvalue weighted by molar-refractivity contribution is 7.89. The fourth-order valence-corrected chi connectivity index (χ4v) is 2.85. The Bertz CT molecular complexity index is 306. The number of hydrogen-bond donors (Lipinski definition) is 1. The largest absolute Gasteiger partial charge is 0.317 e. The summed E-state index contributed by atoms with van der Waals surface area (Å²) >= 11 is 0. The summed E-state index contributed by atoms with van der Waals surface area (Å²) in [6.07, 6.45) is 6.58. The van der Waals surface area contributed by atoms with Gasteiger partial charge in [-0.25, -0.2) is 8.42 Å². The Kier molecular flexibility index (Phi) is 8.26. The van der Waals surface area contributed by atoms with E-state index in [4.69, 9.17) is 6.42 Å². The van der Waals surface area contributed by atoms with Crippen molar-refractivity contribution >= 4 is 10.0 Å². The van der Waals surface area contributed by atoms with E-state index in [0.717, 1.165) is 19.5 Å². The molecule has 5 heteroatoms. The highest BCUT2D eigenvalue weighted by atomic mass is 32.2. The first kappa shape index (κ1) is 15.4. The molecule has 0 aliphatic carbocycles. The molecule has 0 rings (SSSR count). The summed E-state index contributed by atoms with van der Waals surface area (Å²) in [5.74, 6) is 2.56. The Labute approximate surface area is 99.5 Å². The Balaban J connectivity index is 4.20. The third kappa shape index (κ3) is 6.11. The van der Waals surface area contributed by atoms with E-state index in [1.54, 1.807) is 0 Å². The highest BCUT2D eigenvalue weighted by Gasteiger charge is 2.19. The van der Waals surface area contributed by atoms with Gasteiger partial charge in [-0.2, -0.15) is 4.31 Å². The molecule has 0 atom stereocenters. The highest BCUT2D eigenvalue weighted by Crippen LogP contribution is 2.03. The van der Waals surface area contributed by atoms with Gasteiger partial charge >= 0.3 is 0 Å². The Morgan fingerprint density at radius 2 is 2.06 bits per heavy atom. The van der Waals surface area contributed by atoms with Crippen molar-refractivity contribution in [2.24, 2.45) is 0 Å². The minimum absolute atomic E-state index is 0.168. The predicted molar refractivity (Wildman–Crippen MR) is 67.6 cm³/mol. The van der Waals surface area contributed by atoms with Gasteiger partial charge < -0.3 is 5.32 Å². The third-order valence-corrected chi connectivity index (χ3v) is 4.04. The van der Waals surface area contributed by atoms with Gasteiger partial charge in [-0.15, -0.1) is 6.42 Å². The van der Waals surface area contributed by atoms with Crippen LogP contribution in [0.2, 0.25) is 0 Å². The number of nitrogens with zero attached hydrogens (tertiary/aromatic N) is 1. The lowest BCUT2D eigenvalue weighted by atomic mass is 10.5. The second kappa shape index (κ2) is 8.57. The summed E-state index contributed by atoms with van der Waals surface area (Å²) in [5.41, 5.74) is 0. The maximum absolute atomic E-state index is 11.9. The first-order chi connectivity index (χ1) is 7.58. The van der Waals surface area contributed by atoms with Crippen LogP contribution in [0.1, 0.15) is 26.7 Å². The van der Waals surface area contributed by atoms with Crippen molar-refractivity contribution in [3.63, 3.8) is 0 Å². The van der Waals surface area contributed by atoms with E-state index in [9.17, 15) is 8.42 Å². The standard InChI is InChI=1S/C11H22N2O2S/c1-4-9-13(10-5-2)16(14,15)11-7-8-12-6-3/h1,12H,5-11H2,2-3H3. The van der Waals surface area contributed by atoms with Crippen LogP contribution in [0.3, 0.4) is 0 Å². The van der Waals surface area contributed by atoms with E-state index < -0.39 is 10.0 Å². The number of hydrogen-bond acceptors (Lipinski definition) is 3. The predicted octanol–water partition coefficient (Wildman–Crippen LogP) is 0.661. The number of sulfonamides is 1. The fourth-order valence-electron chi connectivity index (χ4n) is 1.35. The van der Waals surface area contributed by atoms with Gasteiger partial charge in [0, 0.05) is 6.54 Å². The lowest BCUT2D eigenvalue weighted by Crippen LogP contribution is -2.35. The smallest absolute Gasteiger partial charge is 0.215 e. The quantitative estimate of drug-likeness (QED) is 0.480. The molecule has 1 N–H and O–H groups in total. The van der Waals surface area contributed by atoms with Gasteiger partial charge in [0.2, 0.25) is 10.0 Å². The molecule has 0 radical (unpaired) electrons. The van der Waals surface area contributed by atoms with Crippen LogP contribution in [0.4, 0.5) is 0 Å². The Morgan fingerprint density at radius 3 is 2.56 bits per heavy atom. The van der Waals surface area contributed by atoms with Crippen LogP contribution in [0.15, 0.2) is 0 Å². The van der Waals surface area contributed by atoms with Gasteiger partial charge in [-0.05, 0) is 25.9 Å². The second-order valence-electron chi connectivity index (χ2n) is 3.56. The summed E-state index contributed by atoms with van der Waals surface area (Å²) in [6.45, 7) is 6.22. The van der Waals surface area contributed by atoms with Crippen LogP contribution in [-0.4, -0.2) is 44.7 Å². The summed E-state index contributed by atoms with van der Waals surface area (Å²) < 4.78 is 25.1. The minimum Gasteiger partial charge on any atom is -0.317 e. The van der Waals surface area contributed by atoms with Crippen LogP contribution in [-0.2, 0) is 10.0 Å². The van der Waals surface area contributed by atoms with E-state index in [-0.39, 0.29) is 12.3 Å². The zero-order valence-corrected chi connectivity index (χ0v) is 11.0. The molecule has 94 valence electrons. The van der Waals surface area contributed by atoms with Crippen LogP contribution < -0.4 is 5.32 Å². The van der Waals surface area contributed by atoms with Crippen molar-refractivity contribution in [2.75, 3.05) is 31.9 Å². The Hall–Kier alpha value is -0.570. The first-order valence-corrected chi connectivity index (χ1v) is 7.31. The summed E-state index contributed by atoms with van der Waals surface area (Å²) in [6, 6.07) is 0. The maximum atomic E-state index is 11.9. The third-order valence-electron chi connectivity index (χ3n) is 2.14. The molecule has 0 spiro atoms. The fraction of sp³-hybridized carbons (Fsp3) is 0.818. The molecule has 0 aliphatic rings. The lowest BCUT2D eigenvalue weighted by Gasteiger charge is -2.18. The van der Waals surface area contributed by atoms with Crippen LogP contribution in [0.5, 0.6) is 0 Å². The summed E-state index contributed by atoms with van der Waals surface area (Å²) in [4.78, 5) is 0. The van der Waals surface area contributed by atoms with Gasteiger partial charge in [0.15, 0.2) is 0 Å². The molecule has 0 unspecified atom stereocenters. The van der Waals surface area contributed by atoms with E-state index in [2.05, 4.69) is 11.2 Å². The Morgan fingerprint density at radius 1 is 1.38 bits per heavy atom. The van der Waals surface area contributed by atoms with Gasteiger partial charge in [0.1, 0.15) is 0 Å². The maximum Gasteiger partial charge on any atom is 0.215 e. The van der Waals surface area contributed by atoms with Crippen LogP contribution in [0, 0.1) is 12.3 Å². The lowest BCUT2D eigenvalue weighted by molar-refractivity contribution is 0.444. The average Bonchev–Trinajstić information content (AvgIpc) is 2.24. The van der Waals surface area contributed by atoms with Crippen molar-refractivity contribution in [3.05, 3.63) is 0 Å². The zero-order chi connectivity index (χ0) is 12.4. The number of rotatable bonds is 9. The molecule has 0 aliphatic heterocycles. The van der Waals surface area contributed by atoms with E-state index in [1.165, 1.54) is 4.31 Å². The number of terminal acetylenes is 1. The monoisotopic (exact) mass is 246 g/mol. The molecule has 4 nitrogen and oxygen atoms in total. The van der Waals surface area contributed by atoms with Crippen LogP contribution in [0.25, 0.3) is 0 Å². The number of nitrogens with one attached hydrogen (secondary N) is 1. The molecule has 0 saturated carbocycles. The molecule has 0 aromatic heterocycles. The van der Waals surface area contributed by atoms with E-state index in [1.807, 2.05) is 13.8 Å². The van der Waals surface area contributed by atoms with E-state index in [0.29, 0.717) is 13.0 Å². The summed E-state index contributed by atoms with van der Waals surface area (Å²) in [5, 5.41) is 3.10. The normalized spacial score (nSPS) is 11.6. The van der Waals surface area contributed by atoms with Gasteiger partial charge in [0.05, 0.1) is 12.3 Å². The molecule has 16 heavy (non-hydrogen) atoms. The molecule has 0 amide bonds. The van der Waals surface area contributed by atoms with Gasteiger partial charge in [-0.3, -0.25) is 0 Å². The second-order valence-corrected chi connectivity index (χ2v) is 5.65. The summed E-state index contributed by atoms with van der Waals surface area (Å²) in [7, 11) is -3.18. The van der Waals surface area contributed by atoms with Crippen molar-refractivity contribution in [1.82, 2.24) is 9.62 Å². The SMILES string of the molecule is C#CCN(CCC)S(=O)(=O)CCCNCC. The van der Waals surface area contributed by atoms with Crippen molar-refractivity contribution in [1.29, 1.82) is 0 Å². The molecular weight excluding hydrogens is 224 g/mol. The van der Waals surface area contributed by atoms with Crippen molar-refractivity contribution in [2.45, 2.75) is 26.7 Å². The molecule has 0 heterocycles. The molecule has 0 bridgehead atoms. The van der Waals surface area contributed by atoms with Crippen LogP contribution >= 0.6 is 0 Å². The first-order valence-electron chi connectivity index (χ1n) is 5.70. The zero-order valence-electron chi connectivity index (χ0n) is 10.2. The van der Waals surface area contributed by atoms with Crippen molar-refractivity contribution in [3.8, 4) is 12.3 Å². The molecular formula is C11H22N2O2S. The molecule has 0 saturated heterocycles. The molecule has 0 fully saturated rings. The van der Waals surface area contributed by atoms with Gasteiger partial charge in [-0.1, -0.05) is 19.8 Å². The van der Waals surface area contributed by atoms with Crippen molar-refractivity contribution < 1.29 is 8.42 Å². The average molecular weight is 246 g/mol. The van der Waals surface area contributed by atoms with E-state index >= 15 is 0 Å². The molecule has 0 aromatic rings. The molecule has 0 aromatic carbocycles. The van der Waals surface area contributed by atoms with Gasteiger partial charge in [0.25, 0.3) is 0 Å². The topological polar surface area (TPSA) is 49.4 Å². The minimum atomic E-state index is -3.18.